The fourth-order valence-corrected chi connectivity index (χ4v) is 1.48. The summed E-state index contributed by atoms with van der Waals surface area (Å²) < 4.78 is 5.53. The van der Waals surface area contributed by atoms with Gasteiger partial charge in [-0.05, 0) is 25.0 Å². The third kappa shape index (κ3) is 4.95. The minimum atomic E-state index is -0.277. The molecular weight excluding hydrogens is 230 g/mol. The summed E-state index contributed by atoms with van der Waals surface area (Å²) in [4.78, 5) is 10.6. The number of nitrogen functional groups attached to an aromatic ring is 1. The standard InChI is InChI=1S/C13H21N3O2/c1-2-8-18-12-9-10(5-6-11(12)14)16-7-3-4-13(15)17/h5-6,9,16H,2-4,7-8,14H2,1H3,(H2,15,17). The van der Waals surface area contributed by atoms with Crippen LogP contribution in [0.15, 0.2) is 18.2 Å². The summed E-state index contributed by atoms with van der Waals surface area (Å²) in [5, 5.41) is 3.20. The van der Waals surface area contributed by atoms with E-state index in [0.717, 1.165) is 12.1 Å². The van der Waals surface area contributed by atoms with E-state index in [2.05, 4.69) is 5.32 Å². The molecule has 5 nitrogen and oxygen atoms in total. The van der Waals surface area contributed by atoms with E-state index >= 15 is 0 Å². The highest BCUT2D eigenvalue weighted by molar-refractivity contribution is 5.73. The van der Waals surface area contributed by atoms with Crippen LogP contribution in [0.4, 0.5) is 11.4 Å². The smallest absolute Gasteiger partial charge is 0.217 e. The van der Waals surface area contributed by atoms with Crippen molar-refractivity contribution in [2.75, 3.05) is 24.2 Å². The molecule has 18 heavy (non-hydrogen) atoms. The number of nitrogens with two attached hydrogens (primary N) is 2. The number of nitrogens with one attached hydrogen (secondary N) is 1. The number of hydrogen-bond acceptors (Lipinski definition) is 4. The van der Waals surface area contributed by atoms with E-state index in [1.165, 1.54) is 0 Å². The topological polar surface area (TPSA) is 90.4 Å². The van der Waals surface area contributed by atoms with Crippen molar-refractivity contribution in [3.05, 3.63) is 18.2 Å². The Morgan fingerprint density at radius 3 is 2.89 bits per heavy atom. The minimum absolute atomic E-state index is 0.277. The van der Waals surface area contributed by atoms with Gasteiger partial charge in [0, 0.05) is 24.7 Å². The molecule has 1 amide bonds. The average molecular weight is 251 g/mol. The molecule has 0 fully saturated rings. The van der Waals surface area contributed by atoms with Crippen LogP contribution in [0.2, 0.25) is 0 Å². The summed E-state index contributed by atoms with van der Waals surface area (Å²) in [6.45, 7) is 3.39. The van der Waals surface area contributed by atoms with E-state index in [4.69, 9.17) is 16.2 Å². The molecule has 100 valence electrons. The first-order chi connectivity index (χ1) is 8.63. The Kier molecular flexibility index (Phi) is 5.84. The number of primary amides is 1. The molecule has 0 aliphatic carbocycles. The molecule has 0 heterocycles. The lowest BCUT2D eigenvalue weighted by atomic mass is 10.2. The van der Waals surface area contributed by atoms with Crippen LogP contribution in [0.3, 0.4) is 0 Å². The van der Waals surface area contributed by atoms with Crippen molar-refractivity contribution >= 4 is 17.3 Å². The molecule has 0 spiro atoms. The summed E-state index contributed by atoms with van der Waals surface area (Å²) in [6.07, 6.45) is 2.04. The van der Waals surface area contributed by atoms with Gasteiger partial charge in [-0.1, -0.05) is 6.92 Å². The number of carbonyl (C=O) groups excluding carboxylic acids is 1. The predicted octanol–water partition coefficient (Wildman–Crippen LogP) is 1.73. The van der Waals surface area contributed by atoms with Gasteiger partial charge in [0.1, 0.15) is 5.75 Å². The molecule has 0 aliphatic heterocycles. The first-order valence-corrected chi connectivity index (χ1v) is 6.18. The number of amides is 1. The molecule has 1 aromatic carbocycles. The molecule has 0 aromatic heterocycles. The number of anilines is 2. The Morgan fingerprint density at radius 1 is 1.44 bits per heavy atom. The molecule has 0 saturated heterocycles. The fraction of sp³-hybridized carbons (Fsp3) is 0.462. The van der Waals surface area contributed by atoms with Crippen LogP contribution >= 0.6 is 0 Å². The van der Waals surface area contributed by atoms with E-state index in [1.807, 2.05) is 19.1 Å². The van der Waals surface area contributed by atoms with Gasteiger partial charge in [0.25, 0.3) is 0 Å². The van der Waals surface area contributed by atoms with Gasteiger partial charge in [-0.2, -0.15) is 0 Å². The van der Waals surface area contributed by atoms with Crippen molar-refractivity contribution in [2.45, 2.75) is 26.2 Å². The van der Waals surface area contributed by atoms with Crippen molar-refractivity contribution in [1.82, 2.24) is 0 Å². The molecule has 0 bridgehead atoms. The minimum Gasteiger partial charge on any atom is -0.491 e. The Morgan fingerprint density at radius 2 is 2.22 bits per heavy atom. The first kappa shape index (κ1) is 14.2. The maximum atomic E-state index is 10.6. The average Bonchev–Trinajstić information content (AvgIpc) is 2.34. The Balaban J connectivity index is 2.48. The highest BCUT2D eigenvalue weighted by atomic mass is 16.5. The molecule has 1 rings (SSSR count). The predicted molar refractivity (Wildman–Crippen MR) is 73.6 cm³/mol. The van der Waals surface area contributed by atoms with Crippen LogP contribution in [0, 0.1) is 0 Å². The van der Waals surface area contributed by atoms with Gasteiger partial charge >= 0.3 is 0 Å². The second-order valence-electron chi connectivity index (χ2n) is 4.10. The number of benzene rings is 1. The van der Waals surface area contributed by atoms with Gasteiger partial charge in [0.2, 0.25) is 5.91 Å². The number of hydrogen-bond donors (Lipinski definition) is 3. The maximum Gasteiger partial charge on any atom is 0.217 e. The van der Waals surface area contributed by atoms with E-state index in [-0.39, 0.29) is 5.91 Å². The Hall–Kier alpha value is -1.91. The van der Waals surface area contributed by atoms with E-state index < -0.39 is 0 Å². The van der Waals surface area contributed by atoms with Gasteiger partial charge < -0.3 is 21.5 Å². The van der Waals surface area contributed by atoms with Gasteiger partial charge in [-0.15, -0.1) is 0 Å². The SMILES string of the molecule is CCCOc1cc(NCCCC(N)=O)ccc1N. The molecule has 0 unspecified atom stereocenters. The lowest BCUT2D eigenvalue weighted by Crippen LogP contribution is -2.12. The molecule has 0 aliphatic rings. The zero-order valence-corrected chi connectivity index (χ0v) is 10.7. The highest BCUT2D eigenvalue weighted by Gasteiger charge is 2.02. The van der Waals surface area contributed by atoms with E-state index in [9.17, 15) is 4.79 Å². The first-order valence-electron chi connectivity index (χ1n) is 6.18. The Bertz CT molecular complexity index is 394. The van der Waals surface area contributed by atoms with Crippen LogP contribution in [-0.4, -0.2) is 19.1 Å². The summed E-state index contributed by atoms with van der Waals surface area (Å²) >= 11 is 0. The van der Waals surface area contributed by atoms with E-state index in [1.54, 1.807) is 6.07 Å². The number of rotatable bonds is 8. The van der Waals surface area contributed by atoms with Gasteiger partial charge in [-0.3, -0.25) is 4.79 Å². The fourth-order valence-electron chi connectivity index (χ4n) is 1.48. The second kappa shape index (κ2) is 7.42. The summed E-state index contributed by atoms with van der Waals surface area (Å²) in [7, 11) is 0. The molecule has 5 heteroatoms. The van der Waals surface area contributed by atoms with Gasteiger partial charge in [0.05, 0.1) is 12.3 Å². The molecular formula is C13H21N3O2. The molecule has 1 aromatic rings. The van der Waals surface area contributed by atoms with Gasteiger partial charge in [0.15, 0.2) is 0 Å². The zero-order chi connectivity index (χ0) is 13.4. The third-order valence-corrected chi connectivity index (χ3v) is 2.40. The van der Waals surface area contributed by atoms with Crippen molar-refractivity contribution in [3.63, 3.8) is 0 Å². The zero-order valence-electron chi connectivity index (χ0n) is 10.7. The van der Waals surface area contributed by atoms with E-state index in [0.29, 0.717) is 37.4 Å². The van der Waals surface area contributed by atoms with Crippen molar-refractivity contribution in [3.8, 4) is 5.75 Å². The van der Waals surface area contributed by atoms with Crippen LogP contribution in [0.5, 0.6) is 5.75 Å². The lowest BCUT2D eigenvalue weighted by molar-refractivity contribution is -0.118. The van der Waals surface area contributed by atoms with Crippen molar-refractivity contribution in [1.29, 1.82) is 0 Å². The number of carbonyl (C=O) groups is 1. The highest BCUT2D eigenvalue weighted by Crippen LogP contribution is 2.25. The largest absolute Gasteiger partial charge is 0.491 e. The lowest BCUT2D eigenvalue weighted by Gasteiger charge is -2.11. The van der Waals surface area contributed by atoms with Gasteiger partial charge in [-0.25, -0.2) is 0 Å². The normalized spacial score (nSPS) is 10.1. The molecule has 0 saturated carbocycles. The van der Waals surface area contributed by atoms with Crippen LogP contribution in [0.25, 0.3) is 0 Å². The van der Waals surface area contributed by atoms with Crippen molar-refractivity contribution < 1.29 is 9.53 Å². The van der Waals surface area contributed by atoms with Crippen LogP contribution in [-0.2, 0) is 4.79 Å². The number of ether oxygens (including phenoxy) is 1. The summed E-state index contributed by atoms with van der Waals surface area (Å²) in [5.74, 6) is 0.415. The van der Waals surface area contributed by atoms with Crippen LogP contribution < -0.4 is 21.5 Å². The molecule has 0 atom stereocenters. The summed E-state index contributed by atoms with van der Waals surface area (Å²) in [5.41, 5.74) is 12.4. The Labute approximate surface area is 107 Å². The van der Waals surface area contributed by atoms with Crippen LogP contribution in [0.1, 0.15) is 26.2 Å². The third-order valence-electron chi connectivity index (χ3n) is 2.40. The summed E-state index contributed by atoms with van der Waals surface area (Å²) in [6, 6.07) is 5.56. The quantitative estimate of drug-likeness (QED) is 0.485. The monoisotopic (exact) mass is 251 g/mol. The second-order valence-corrected chi connectivity index (χ2v) is 4.10. The van der Waals surface area contributed by atoms with Crippen molar-refractivity contribution in [2.24, 2.45) is 5.73 Å². The molecule has 5 N–H and O–H groups in total. The maximum absolute atomic E-state index is 10.6. The molecule has 0 radical (unpaired) electrons.